The van der Waals surface area contributed by atoms with Crippen molar-refractivity contribution in [3.8, 4) is 0 Å². The first-order valence-corrected chi connectivity index (χ1v) is 10.1. The number of carbonyl (C=O) groups excluding carboxylic acids is 2. The average molecular weight is 410 g/mol. The zero-order valence-corrected chi connectivity index (χ0v) is 16.7. The van der Waals surface area contributed by atoms with Crippen molar-refractivity contribution in [3.63, 3.8) is 0 Å². The van der Waals surface area contributed by atoms with Gasteiger partial charge in [-0.1, -0.05) is 6.07 Å². The minimum absolute atomic E-state index is 0.00694. The molecule has 0 unspecified atom stereocenters. The number of carboxylic acids is 1. The van der Waals surface area contributed by atoms with Gasteiger partial charge in [-0.3, -0.25) is 24.4 Å². The number of rotatable bonds is 9. The molecule has 0 aromatic carbocycles. The van der Waals surface area contributed by atoms with E-state index in [1.165, 1.54) is 6.20 Å². The molecule has 0 spiro atoms. The average Bonchev–Trinajstić information content (AvgIpc) is 2.76. The van der Waals surface area contributed by atoms with Gasteiger partial charge in [0, 0.05) is 43.8 Å². The van der Waals surface area contributed by atoms with Crippen molar-refractivity contribution in [1.29, 1.82) is 0 Å². The number of hydrogen-bond acceptors (Lipinski definition) is 5. The number of likely N-dealkylation sites (tertiary alicyclic amines) is 1. The number of aromatic nitrogens is 2. The Hall–Kier alpha value is -3.29. The maximum Gasteiger partial charge on any atom is 0.312 e. The molecule has 1 fully saturated rings. The van der Waals surface area contributed by atoms with Gasteiger partial charge in [0.1, 0.15) is 5.92 Å². The highest BCUT2D eigenvalue weighted by Crippen LogP contribution is 2.23. The van der Waals surface area contributed by atoms with Gasteiger partial charge < -0.3 is 15.3 Å². The van der Waals surface area contributed by atoms with Crippen LogP contribution in [0.15, 0.2) is 49.1 Å². The number of aryl methyl sites for hydroxylation is 1. The zero-order valence-electron chi connectivity index (χ0n) is 16.7. The molecule has 0 aliphatic carbocycles. The summed E-state index contributed by atoms with van der Waals surface area (Å²) in [4.78, 5) is 46.2. The molecule has 1 saturated heterocycles. The molecule has 2 amide bonds. The molecule has 2 atom stereocenters. The Bertz CT molecular complexity index is 860. The number of nitrogens with zero attached hydrogens (tertiary/aromatic N) is 3. The molecule has 2 aromatic rings. The molecule has 1 aliphatic heterocycles. The van der Waals surface area contributed by atoms with Gasteiger partial charge in [-0.2, -0.15) is 0 Å². The second-order valence-corrected chi connectivity index (χ2v) is 7.47. The first kappa shape index (κ1) is 21.4. The van der Waals surface area contributed by atoms with E-state index in [0.29, 0.717) is 12.1 Å². The van der Waals surface area contributed by atoms with E-state index in [0.717, 1.165) is 31.2 Å². The van der Waals surface area contributed by atoms with Gasteiger partial charge in [-0.15, -0.1) is 0 Å². The Morgan fingerprint density at radius 3 is 2.70 bits per heavy atom. The van der Waals surface area contributed by atoms with E-state index in [-0.39, 0.29) is 30.8 Å². The summed E-state index contributed by atoms with van der Waals surface area (Å²) in [6.07, 6.45) is 9.74. The summed E-state index contributed by atoms with van der Waals surface area (Å²) >= 11 is 0. The van der Waals surface area contributed by atoms with E-state index in [2.05, 4.69) is 15.3 Å². The third-order valence-electron chi connectivity index (χ3n) is 5.40. The van der Waals surface area contributed by atoms with E-state index in [9.17, 15) is 19.5 Å². The lowest BCUT2D eigenvalue weighted by atomic mass is 9.91. The summed E-state index contributed by atoms with van der Waals surface area (Å²) in [5, 5.41) is 12.1. The highest BCUT2D eigenvalue weighted by atomic mass is 16.4. The Labute approximate surface area is 175 Å². The number of piperidine rings is 1. The summed E-state index contributed by atoms with van der Waals surface area (Å²) in [5.41, 5.74) is 1.67. The van der Waals surface area contributed by atoms with Crippen molar-refractivity contribution in [1.82, 2.24) is 20.2 Å². The molecule has 1 aliphatic rings. The van der Waals surface area contributed by atoms with Crippen LogP contribution < -0.4 is 5.32 Å². The van der Waals surface area contributed by atoms with E-state index in [4.69, 9.17) is 0 Å². The zero-order chi connectivity index (χ0) is 21.3. The fraction of sp³-hybridized carbons (Fsp3) is 0.409. The number of aliphatic carboxylic acids is 1. The van der Waals surface area contributed by atoms with Crippen LogP contribution in [0.3, 0.4) is 0 Å². The van der Waals surface area contributed by atoms with Crippen molar-refractivity contribution in [2.75, 3.05) is 19.6 Å². The lowest BCUT2D eigenvalue weighted by molar-refractivity contribution is -0.142. The third kappa shape index (κ3) is 5.85. The lowest BCUT2D eigenvalue weighted by Crippen LogP contribution is -2.47. The largest absolute Gasteiger partial charge is 0.481 e. The van der Waals surface area contributed by atoms with Gasteiger partial charge in [0.15, 0.2) is 0 Å². The van der Waals surface area contributed by atoms with Crippen molar-refractivity contribution in [3.05, 3.63) is 60.2 Å². The van der Waals surface area contributed by atoms with Crippen LogP contribution in [0.5, 0.6) is 0 Å². The highest BCUT2D eigenvalue weighted by Gasteiger charge is 2.30. The van der Waals surface area contributed by atoms with Crippen molar-refractivity contribution in [2.45, 2.75) is 31.6 Å². The fourth-order valence-electron chi connectivity index (χ4n) is 3.71. The summed E-state index contributed by atoms with van der Waals surface area (Å²) in [5.74, 6) is -2.37. The molecule has 3 heterocycles. The normalized spacial score (nSPS) is 17.4. The van der Waals surface area contributed by atoms with Gasteiger partial charge in [-0.05, 0) is 55.0 Å². The van der Waals surface area contributed by atoms with E-state index in [1.54, 1.807) is 35.6 Å². The number of carboxylic acid groups (broad SMARTS) is 1. The molecule has 8 nitrogen and oxygen atoms in total. The summed E-state index contributed by atoms with van der Waals surface area (Å²) in [6, 6.07) is 7.21. The van der Waals surface area contributed by atoms with Crippen LogP contribution in [0.1, 0.15) is 36.3 Å². The molecule has 2 aromatic heterocycles. The predicted molar refractivity (Wildman–Crippen MR) is 109 cm³/mol. The number of hydrogen-bond donors (Lipinski definition) is 2. The molecule has 2 N–H and O–H groups in total. The maximum atomic E-state index is 12.8. The summed E-state index contributed by atoms with van der Waals surface area (Å²) < 4.78 is 0. The highest BCUT2D eigenvalue weighted by molar-refractivity contribution is 5.87. The predicted octanol–water partition coefficient (Wildman–Crippen LogP) is 1.63. The molecule has 158 valence electrons. The van der Waals surface area contributed by atoms with Gasteiger partial charge in [0.25, 0.3) is 0 Å². The van der Waals surface area contributed by atoms with E-state index < -0.39 is 11.9 Å². The van der Waals surface area contributed by atoms with Crippen LogP contribution in [-0.4, -0.2) is 57.4 Å². The molecule has 8 heteroatoms. The molecule has 0 bridgehead atoms. The maximum absolute atomic E-state index is 12.8. The van der Waals surface area contributed by atoms with Gasteiger partial charge in [0.2, 0.25) is 11.8 Å². The quantitative estimate of drug-likeness (QED) is 0.650. The van der Waals surface area contributed by atoms with Crippen LogP contribution in [0, 0.1) is 5.92 Å². The first-order valence-electron chi connectivity index (χ1n) is 10.1. The standard InChI is InChI=1S/C22H26N4O4/c27-20(25-14-19(22(29)30)18-3-1-9-24-13-18)15-26-12-2-4-17(21(26)28)6-5-16-7-10-23-11-8-16/h1,3,7-11,13,17,19H,2,4-6,12,14-15H2,(H,25,27)(H,29,30)/t17-,19+/m0/s1. The molecular formula is C22H26N4O4. The van der Waals surface area contributed by atoms with Crippen LogP contribution in [0.25, 0.3) is 0 Å². The first-order chi connectivity index (χ1) is 14.5. The molecule has 0 radical (unpaired) electrons. The van der Waals surface area contributed by atoms with E-state index >= 15 is 0 Å². The van der Waals surface area contributed by atoms with Crippen LogP contribution in [0.4, 0.5) is 0 Å². The Morgan fingerprint density at radius 1 is 1.20 bits per heavy atom. The topological polar surface area (TPSA) is 112 Å². The molecule has 3 rings (SSSR count). The minimum Gasteiger partial charge on any atom is -0.481 e. The second-order valence-electron chi connectivity index (χ2n) is 7.47. The Morgan fingerprint density at radius 2 is 2.00 bits per heavy atom. The van der Waals surface area contributed by atoms with Gasteiger partial charge in [0.05, 0.1) is 6.54 Å². The van der Waals surface area contributed by atoms with Crippen LogP contribution in [-0.2, 0) is 20.8 Å². The number of nitrogens with one attached hydrogen (secondary N) is 1. The summed E-state index contributed by atoms with van der Waals surface area (Å²) in [6.45, 7) is 0.445. The SMILES string of the molecule is O=C(CN1CCC[C@@H](CCc2ccncc2)C1=O)NC[C@@H](C(=O)O)c1cccnc1. The van der Waals surface area contributed by atoms with Crippen molar-refractivity contribution >= 4 is 17.8 Å². The van der Waals surface area contributed by atoms with E-state index in [1.807, 2.05) is 12.1 Å². The second kappa shape index (κ2) is 10.5. The smallest absolute Gasteiger partial charge is 0.312 e. The van der Waals surface area contributed by atoms with Crippen molar-refractivity contribution in [2.24, 2.45) is 5.92 Å². The Kier molecular flexibility index (Phi) is 7.48. The number of pyridine rings is 2. The minimum atomic E-state index is -1.03. The fourth-order valence-corrected chi connectivity index (χ4v) is 3.71. The summed E-state index contributed by atoms with van der Waals surface area (Å²) in [7, 11) is 0. The number of carbonyl (C=O) groups is 3. The van der Waals surface area contributed by atoms with Crippen molar-refractivity contribution < 1.29 is 19.5 Å². The Balaban J connectivity index is 1.50. The molecule has 30 heavy (non-hydrogen) atoms. The lowest BCUT2D eigenvalue weighted by Gasteiger charge is -2.32. The molecule has 0 saturated carbocycles. The van der Waals surface area contributed by atoms with Crippen LogP contribution >= 0.6 is 0 Å². The molecular weight excluding hydrogens is 384 g/mol. The monoisotopic (exact) mass is 410 g/mol. The van der Waals surface area contributed by atoms with Gasteiger partial charge >= 0.3 is 5.97 Å². The van der Waals surface area contributed by atoms with Gasteiger partial charge in [-0.25, -0.2) is 0 Å². The third-order valence-corrected chi connectivity index (χ3v) is 5.40. The van der Waals surface area contributed by atoms with Crippen LogP contribution in [0.2, 0.25) is 0 Å². The number of amides is 2.